The highest BCUT2D eigenvalue weighted by atomic mass is 35.5. The minimum Gasteiger partial charge on any atom is -0.472 e. The maximum Gasteiger partial charge on any atom is 0.408 e. The van der Waals surface area contributed by atoms with Gasteiger partial charge in [0.1, 0.15) is 29.3 Å². The molecule has 0 bridgehead atoms. The Morgan fingerprint density at radius 3 is 2.54 bits per heavy atom. The number of nitrogens with one attached hydrogen (secondary N) is 3. The van der Waals surface area contributed by atoms with E-state index >= 15 is 0 Å². The molecular weight excluding hydrogens is 734 g/mol. The third-order valence-corrected chi connectivity index (χ3v) is 13.1. The number of halogens is 1. The summed E-state index contributed by atoms with van der Waals surface area (Å²) in [5, 5.41) is 6.65. The van der Waals surface area contributed by atoms with Gasteiger partial charge in [-0.15, -0.1) is 0 Å². The number of aromatic nitrogens is 1. The van der Waals surface area contributed by atoms with E-state index in [4.69, 9.17) is 26.1 Å². The van der Waals surface area contributed by atoms with E-state index in [9.17, 15) is 27.6 Å². The standard InChI is InChI=1S/C39H50ClN5O8S/c1-38(2,3)53-37(49)42-31-14-8-6-4-5-7-11-23-21-39(23,36(48)44-54(50,51)26-16-17-26)43-33(46)32-20-25(22-45(32)35(31)47)52-34-28-13-10-9-12-27(28)29-19-24(40)15-18-30(29)41-34/h7,11,15,18-19,23,25-26,31-32H,4-6,8-10,12-14,16-17,20-22H2,1-3H3,(H,42,49)(H,43,46)(H,44,48)/b11-7-/t23?,25-,31+,32+,39-/m1/s1. The first-order valence-corrected chi connectivity index (χ1v) is 21.2. The summed E-state index contributed by atoms with van der Waals surface area (Å²) >= 11 is 6.37. The molecule has 2 aliphatic heterocycles. The molecule has 3 fully saturated rings. The molecule has 13 nitrogen and oxygen atoms in total. The largest absolute Gasteiger partial charge is 0.472 e. The van der Waals surface area contributed by atoms with Gasteiger partial charge in [0, 0.05) is 28.3 Å². The molecule has 1 aromatic carbocycles. The Balaban J connectivity index is 1.21. The Morgan fingerprint density at radius 1 is 1.04 bits per heavy atom. The molecule has 2 aromatic rings. The summed E-state index contributed by atoms with van der Waals surface area (Å²) in [5.74, 6) is -1.80. The fourth-order valence-electron chi connectivity index (χ4n) is 8.02. The molecule has 5 atom stereocenters. The van der Waals surface area contributed by atoms with E-state index in [1.807, 2.05) is 24.3 Å². The molecule has 1 saturated heterocycles. The lowest BCUT2D eigenvalue weighted by Gasteiger charge is -2.30. The number of sulfonamides is 1. The Labute approximate surface area is 321 Å². The van der Waals surface area contributed by atoms with Gasteiger partial charge in [-0.25, -0.2) is 18.2 Å². The van der Waals surface area contributed by atoms with Crippen molar-refractivity contribution in [1.82, 2.24) is 25.2 Å². The molecule has 1 unspecified atom stereocenters. The van der Waals surface area contributed by atoms with Crippen molar-refractivity contribution in [2.24, 2.45) is 5.92 Å². The number of amides is 4. The molecule has 15 heteroatoms. The molecule has 5 aliphatic rings. The smallest absolute Gasteiger partial charge is 0.408 e. The van der Waals surface area contributed by atoms with Crippen molar-refractivity contribution in [2.45, 2.75) is 139 Å². The Hall–Kier alpha value is -3.91. The van der Waals surface area contributed by atoms with Crippen LogP contribution in [0.4, 0.5) is 4.79 Å². The lowest BCUT2D eigenvalue weighted by Crippen LogP contribution is -2.58. The average molecular weight is 784 g/mol. The first kappa shape index (κ1) is 38.4. The van der Waals surface area contributed by atoms with Gasteiger partial charge < -0.3 is 25.0 Å². The van der Waals surface area contributed by atoms with Crippen molar-refractivity contribution in [1.29, 1.82) is 0 Å². The van der Waals surface area contributed by atoms with Crippen LogP contribution >= 0.6 is 11.6 Å². The number of nitrogens with zero attached hydrogens (tertiary/aromatic N) is 2. The zero-order valence-corrected chi connectivity index (χ0v) is 32.7. The molecule has 292 valence electrons. The number of ether oxygens (including phenoxy) is 2. The second-order valence-electron chi connectivity index (χ2n) is 16.4. The number of hydrogen-bond acceptors (Lipinski definition) is 9. The van der Waals surface area contributed by atoms with E-state index in [1.54, 1.807) is 26.8 Å². The molecule has 3 heterocycles. The molecule has 7 rings (SSSR count). The van der Waals surface area contributed by atoms with Crippen LogP contribution in [0.15, 0.2) is 30.4 Å². The van der Waals surface area contributed by atoms with Gasteiger partial charge in [-0.05, 0) is 109 Å². The van der Waals surface area contributed by atoms with E-state index in [0.717, 1.165) is 60.6 Å². The number of alkyl carbamates (subject to hydrolysis) is 1. The maximum absolute atomic E-state index is 14.5. The van der Waals surface area contributed by atoms with Crippen LogP contribution in [0.2, 0.25) is 5.02 Å². The van der Waals surface area contributed by atoms with E-state index < -0.39 is 74.3 Å². The molecule has 1 aromatic heterocycles. The summed E-state index contributed by atoms with van der Waals surface area (Å²) in [7, 11) is -3.88. The lowest BCUT2D eigenvalue weighted by molar-refractivity contribution is -0.141. The van der Waals surface area contributed by atoms with Crippen LogP contribution in [0.25, 0.3) is 10.9 Å². The first-order chi connectivity index (χ1) is 25.6. The minimum absolute atomic E-state index is 0.0249. The fourth-order valence-corrected chi connectivity index (χ4v) is 9.55. The molecule has 4 amide bonds. The van der Waals surface area contributed by atoms with Gasteiger partial charge in [-0.1, -0.05) is 36.6 Å². The average Bonchev–Trinajstić information content (AvgIpc) is 4.03. The monoisotopic (exact) mass is 783 g/mol. The highest BCUT2D eigenvalue weighted by Crippen LogP contribution is 2.46. The highest BCUT2D eigenvalue weighted by Gasteiger charge is 2.62. The van der Waals surface area contributed by atoms with Crippen LogP contribution < -0.4 is 20.1 Å². The molecule has 54 heavy (non-hydrogen) atoms. The minimum atomic E-state index is -3.88. The van der Waals surface area contributed by atoms with Crippen LogP contribution in [0.3, 0.4) is 0 Å². The highest BCUT2D eigenvalue weighted by molar-refractivity contribution is 7.91. The number of carbonyl (C=O) groups excluding carboxylic acids is 4. The third-order valence-electron chi connectivity index (χ3n) is 11.0. The number of allylic oxidation sites excluding steroid dienone is 1. The number of benzene rings is 1. The quantitative estimate of drug-likeness (QED) is 0.341. The lowest BCUT2D eigenvalue weighted by atomic mass is 9.89. The van der Waals surface area contributed by atoms with Crippen LogP contribution in [-0.4, -0.2) is 83.2 Å². The van der Waals surface area contributed by atoms with Gasteiger partial charge in [0.2, 0.25) is 27.7 Å². The van der Waals surface area contributed by atoms with Crippen LogP contribution in [0, 0.1) is 5.92 Å². The second kappa shape index (κ2) is 15.0. The topological polar surface area (TPSA) is 173 Å². The predicted octanol–water partition coefficient (Wildman–Crippen LogP) is 5.01. The fraction of sp³-hybridized carbons (Fsp3) is 0.615. The van der Waals surface area contributed by atoms with Gasteiger partial charge in [0.25, 0.3) is 5.91 Å². The van der Waals surface area contributed by atoms with Gasteiger partial charge in [0.05, 0.1) is 17.3 Å². The van der Waals surface area contributed by atoms with Crippen LogP contribution in [-0.2, 0) is 42.0 Å². The van der Waals surface area contributed by atoms with Crippen molar-refractivity contribution in [3.63, 3.8) is 0 Å². The maximum atomic E-state index is 14.5. The predicted molar refractivity (Wildman–Crippen MR) is 202 cm³/mol. The summed E-state index contributed by atoms with van der Waals surface area (Å²) in [4.78, 5) is 62.1. The molecular formula is C39H50ClN5O8S. The molecule has 0 radical (unpaired) electrons. The number of carbonyl (C=O) groups is 4. The summed E-state index contributed by atoms with van der Waals surface area (Å²) in [6.07, 6.45) is 10.5. The SMILES string of the molecule is CC(C)(C)OC(=O)N[C@H]1CCCCC/C=C\C2C[C@@]2(C(=O)NS(=O)(=O)C2CC2)NC(=O)[C@@H]2C[C@@H](Oc3nc4ccc(Cl)cc4c4c3CCCC4)CN2C1=O. The van der Waals surface area contributed by atoms with Crippen molar-refractivity contribution in [3.05, 3.63) is 46.5 Å². The Morgan fingerprint density at radius 2 is 1.80 bits per heavy atom. The summed E-state index contributed by atoms with van der Waals surface area (Å²) in [6.45, 7) is 5.24. The van der Waals surface area contributed by atoms with Crippen molar-refractivity contribution in [3.8, 4) is 5.88 Å². The van der Waals surface area contributed by atoms with Gasteiger partial charge in [-0.3, -0.25) is 19.1 Å². The molecule has 3 aliphatic carbocycles. The van der Waals surface area contributed by atoms with E-state index in [2.05, 4.69) is 15.4 Å². The number of rotatable bonds is 6. The summed E-state index contributed by atoms with van der Waals surface area (Å²) in [5.41, 5.74) is 0.571. The van der Waals surface area contributed by atoms with Crippen molar-refractivity contribution < 1.29 is 37.1 Å². The Kier molecular flexibility index (Phi) is 10.6. The number of fused-ring (bicyclic) bond motifs is 5. The summed E-state index contributed by atoms with van der Waals surface area (Å²) in [6, 6.07) is 3.50. The molecule has 2 saturated carbocycles. The van der Waals surface area contributed by atoms with E-state index in [1.165, 1.54) is 4.90 Å². The molecule has 3 N–H and O–H groups in total. The van der Waals surface area contributed by atoms with Crippen LogP contribution in [0.5, 0.6) is 5.88 Å². The normalized spacial score (nSPS) is 28.3. The molecule has 0 spiro atoms. The second-order valence-corrected chi connectivity index (χ2v) is 18.8. The first-order valence-electron chi connectivity index (χ1n) is 19.3. The third kappa shape index (κ3) is 8.34. The zero-order valence-electron chi connectivity index (χ0n) is 31.1. The Bertz CT molecular complexity index is 1980. The van der Waals surface area contributed by atoms with Crippen molar-refractivity contribution in [2.75, 3.05) is 6.54 Å². The number of hydrogen-bond donors (Lipinski definition) is 3. The number of pyridine rings is 1. The summed E-state index contributed by atoms with van der Waals surface area (Å²) < 4.78 is 40.1. The van der Waals surface area contributed by atoms with Crippen molar-refractivity contribution >= 4 is 56.3 Å². The number of aryl methyl sites for hydroxylation is 1. The van der Waals surface area contributed by atoms with E-state index in [0.29, 0.717) is 43.0 Å². The van der Waals surface area contributed by atoms with E-state index in [-0.39, 0.29) is 19.4 Å². The zero-order chi connectivity index (χ0) is 38.4. The van der Waals surface area contributed by atoms with Crippen LogP contribution in [0.1, 0.15) is 103 Å². The van der Waals surface area contributed by atoms with Gasteiger partial charge >= 0.3 is 6.09 Å². The van der Waals surface area contributed by atoms with Gasteiger partial charge in [0.15, 0.2) is 0 Å². The van der Waals surface area contributed by atoms with Gasteiger partial charge in [-0.2, -0.15) is 0 Å².